The average molecular weight is 629 g/mol. The van der Waals surface area contributed by atoms with Crippen molar-refractivity contribution in [2.75, 3.05) is 17.2 Å². The number of anilines is 2. The normalized spacial score (nSPS) is 11.6. The Balaban J connectivity index is 1.39. The van der Waals surface area contributed by atoms with Crippen molar-refractivity contribution < 1.29 is 19.1 Å². The van der Waals surface area contributed by atoms with Crippen LogP contribution in [0.4, 0.5) is 11.5 Å². The lowest BCUT2D eigenvalue weighted by atomic mass is 10.1. The van der Waals surface area contributed by atoms with Gasteiger partial charge in [0.2, 0.25) is 5.91 Å². The number of hydrogen-bond donors (Lipinski definition) is 3. The summed E-state index contributed by atoms with van der Waals surface area (Å²) in [5.74, 6) is -0.141. The lowest BCUT2D eigenvalue weighted by Gasteiger charge is -2.17. The van der Waals surface area contributed by atoms with Gasteiger partial charge < -0.3 is 20.7 Å². The van der Waals surface area contributed by atoms with E-state index in [9.17, 15) is 14.4 Å². The van der Waals surface area contributed by atoms with Crippen LogP contribution in [0.3, 0.4) is 0 Å². The molecule has 9 heteroatoms. The second-order valence-corrected chi connectivity index (χ2v) is 11.1. The zero-order valence-electron chi connectivity index (χ0n) is 25.1. The lowest BCUT2D eigenvalue weighted by Crippen LogP contribution is -2.30. The van der Waals surface area contributed by atoms with Crippen LogP contribution in [0.25, 0.3) is 6.08 Å². The molecule has 5 aromatic rings. The molecule has 0 aliphatic rings. The molecule has 1 heterocycles. The predicted molar refractivity (Wildman–Crippen MR) is 182 cm³/mol. The van der Waals surface area contributed by atoms with Crippen molar-refractivity contribution in [3.63, 3.8) is 0 Å². The summed E-state index contributed by atoms with van der Waals surface area (Å²) in [6.45, 7) is 2.32. The number of aromatic nitrogens is 1. The summed E-state index contributed by atoms with van der Waals surface area (Å²) >= 11 is 1.34. The summed E-state index contributed by atoms with van der Waals surface area (Å²) in [5.41, 5.74) is 2.39. The van der Waals surface area contributed by atoms with Crippen LogP contribution in [0.2, 0.25) is 0 Å². The monoisotopic (exact) mass is 628 g/mol. The molecule has 0 fully saturated rings. The number of rotatable bonds is 12. The third kappa shape index (κ3) is 8.71. The molecule has 0 saturated heterocycles. The fourth-order valence-corrected chi connectivity index (χ4v) is 5.58. The molecule has 1 unspecified atom stereocenters. The van der Waals surface area contributed by atoms with E-state index in [4.69, 9.17) is 4.74 Å². The Morgan fingerprint density at radius 1 is 0.804 bits per heavy atom. The van der Waals surface area contributed by atoms with Gasteiger partial charge in [-0.1, -0.05) is 78.9 Å². The van der Waals surface area contributed by atoms with Crippen LogP contribution >= 0.6 is 11.8 Å². The first-order chi connectivity index (χ1) is 22.5. The van der Waals surface area contributed by atoms with Gasteiger partial charge in [-0.3, -0.25) is 14.4 Å². The highest BCUT2D eigenvalue weighted by atomic mass is 32.2. The first-order valence-electron chi connectivity index (χ1n) is 14.6. The Bertz CT molecular complexity index is 1820. The summed E-state index contributed by atoms with van der Waals surface area (Å²) < 4.78 is 5.74. The van der Waals surface area contributed by atoms with Gasteiger partial charge in [0, 0.05) is 27.9 Å². The number of thioether (sulfide) groups is 1. The molecule has 0 aliphatic carbocycles. The summed E-state index contributed by atoms with van der Waals surface area (Å²) in [4.78, 5) is 45.2. The first-order valence-corrected chi connectivity index (χ1v) is 15.5. The van der Waals surface area contributed by atoms with Crippen LogP contribution in [0, 0.1) is 0 Å². The van der Waals surface area contributed by atoms with E-state index in [-0.39, 0.29) is 11.6 Å². The Morgan fingerprint density at radius 2 is 1.52 bits per heavy atom. The van der Waals surface area contributed by atoms with E-state index >= 15 is 0 Å². The van der Waals surface area contributed by atoms with Crippen LogP contribution in [-0.2, 0) is 9.59 Å². The number of carbonyl (C=O) groups is 3. The molecule has 0 aliphatic heterocycles. The van der Waals surface area contributed by atoms with Gasteiger partial charge in [0.25, 0.3) is 11.8 Å². The maximum absolute atomic E-state index is 13.7. The number of amides is 3. The molecule has 5 rings (SSSR count). The van der Waals surface area contributed by atoms with E-state index in [0.29, 0.717) is 35.0 Å². The van der Waals surface area contributed by atoms with Gasteiger partial charge in [0.1, 0.15) is 22.5 Å². The predicted octanol–water partition coefficient (Wildman–Crippen LogP) is 7.36. The fraction of sp³-hybridized carbons (Fsp3) is 0.0811. The van der Waals surface area contributed by atoms with Gasteiger partial charge in [-0.15, -0.1) is 11.8 Å². The van der Waals surface area contributed by atoms with Gasteiger partial charge in [0.05, 0.1) is 6.61 Å². The number of carbonyl (C=O) groups excluding carboxylic acids is 3. The number of pyridine rings is 1. The molecule has 0 bridgehead atoms. The number of para-hydroxylation sites is 1. The van der Waals surface area contributed by atoms with E-state index in [1.54, 1.807) is 79.0 Å². The molecule has 8 nitrogen and oxygen atoms in total. The highest BCUT2D eigenvalue weighted by molar-refractivity contribution is 8.00. The number of benzene rings is 4. The van der Waals surface area contributed by atoms with Gasteiger partial charge >= 0.3 is 0 Å². The molecule has 0 spiro atoms. The lowest BCUT2D eigenvalue weighted by molar-refractivity contribution is -0.116. The van der Waals surface area contributed by atoms with Gasteiger partial charge in [0.15, 0.2) is 0 Å². The Kier molecular flexibility index (Phi) is 11.0. The quantitative estimate of drug-likeness (QED) is 0.0984. The van der Waals surface area contributed by atoms with Crippen molar-refractivity contribution >= 4 is 47.1 Å². The van der Waals surface area contributed by atoms with Crippen LogP contribution < -0.4 is 20.7 Å². The minimum Gasteiger partial charge on any atom is -0.493 e. The second kappa shape index (κ2) is 15.9. The SMILES string of the molecule is CCOc1ccccc1/C=C(/NC(=O)c1ccccc1)C(=O)Nc1cccc(SC(C(=O)Nc2ccccn2)c2ccccc2)c1. The fourth-order valence-electron chi connectivity index (χ4n) is 4.50. The van der Waals surface area contributed by atoms with Gasteiger partial charge in [-0.05, 0) is 67.1 Å². The van der Waals surface area contributed by atoms with Gasteiger partial charge in [-0.25, -0.2) is 4.98 Å². The molecule has 230 valence electrons. The highest BCUT2D eigenvalue weighted by Gasteiger charge is 2.23. The van der Waals surface area contributed by atoms with Crippen LogP contribution in [-0.4, -0.2) is 29.3 Å². The third-order valence-corrected chi connectivity index (χ3v) is 7.90. The summed E-state index contributed by atoms with van der Waals surface area (Å²) in [5, 5.41) is 7.97. The molecule has 46 heavy (non-hydrogen) atoms. The molecule has 0 radical (unpaired) electrons. The van der Waals surface area contributed by atoms with E-state index in [0.717, 1.165) is 10.5 Å². The minimum absolute atomic E-state index is 0.0379. The zero-order chi connectivity index (χ0) is 32.1. The van der Waals surface area contributed by atoms with E-state index in [1.807, 2.05) is 67.6 Å². The first kappa shape index (κ1) is 31.7. The van der Waals surface area contributed by atoms with Crippen LogP contribution in [0.5, 0.6) is 5.75 Å². The highest BCUT2D eigenvalue weighted by Crippen LogP contribution is 2.37. The maximum Gasteiger partial charge on any atom is 0.272 e. The molecule has 4 aromatic carbocycles. The number of hydrogen-bond acceptors (Lipinski definition) is 6. The van der Waals surface area contributed by atoms with E-state index < -0.39 is 17.1 Å². The van der Waals surface area contributed by atoms with Crippen LogP contribution in [0.15, 0.2) is 144 Å². The smallest absolute Gasteiger partial charge is 0.272 e. The minimum atomic E-state index is -0.593. The van der Waals surface area contributed by atoms with Crippen LogP contribution in [0.1, 0.15) is 33.7 Å². The van der Waals surface area contributed by atoms with Crippen molar-refractivity contribution in [1.82, 2.24) is 10.3 Å². The molecule has 0 saturated carbocycles. The standard InChI is InChI=1S/C37H32N4O4S/c1-2-45-32-21-10-9-18-28(32)24-31(40-35(42)27-16-7-4-8-17-27)36(43)39-29-19-13-20-30(25-29)46-34(26-14-5-3-6-15-26)37(44)41-33-22-11-12-23-38-33/h3-25,34H,2H2,1H3,(H,39,43)(H,40,42)(H,38,41,44)/b31-24+. The van der Waals surface area contributed by atoms with Crippen molar-refractivity contribution in [1.29, 1.82) is 0 Å². The number of ether oxygens (including phenoxy) is 1. The summed E-state index contributed by atoms with van der Waals surface area (Å²) in [7, 11) is 0. The molecule has 1 atom stereocenters. The Labute approximate surface area is 271 Å². The average Bonchev–Trinajstić information content (AvgIpc) is 3.09. The van der Waals surface area contributed by atoms with Crippen molar-refractivity contribution in [3.05, 3.63) is 156 Å². The third-order valence-electron chi connectivity index (χ3n) is 6.65. The van der Waals surface area contributed by atoms with E-state index in [2.05, 4.69) is 20.9 Å². The molecule has 3 amide bonds. The second-order valence-electron chi connectivity index (χ2n) is 9.94. The largest absolute Gasteiger partial charge is 0.493 e. The molecule has 3 N–H and O–H groups in total. The topological polar surface area (TPSA) is 109 Å². The molecular formula is C37H32N4O4S. The Morgan fingerprint density at radius 3 is 2.26 bits per heavy atom. The number of nitrogens with one attached hydrogen (secondary N) is 3. The van der Waals surface area contributed by atoms with E-state index in [1.165, 1.54) is 11.8 Å². The van der Waals surface area contributed by atoms with Crippen molar-refractivity contribution in [2.45, 2.75) is 17.1 Å². The number of nitrogens with zero attached hydrogens (tertiary/aromatic N) is 1. The summed E-state index contributed by atoms with van der Waals surface area (Å²) in [6.07, 6.45) is 3.21. The maximum atomic E-state index is 13.7. The molecular weight excluding hydrogens is 596 g/mol. The van der Waals surface area contributed by atoms with Crippen molar-refractivity contribution in [3.8, 4) is 5.75 Å². The molecule has 1 aromatic heterocycles. The summed E-state index contributed by atoms with van der Waals surface area (Å²) in [6, 6.07) is 37.9. The zero-order valence-corrected chi connectivity index (χ0v) is 25.9. The Hall–Kier alpha value is -5.67. The van der Waals surface area contributed by atoms with Crippen molar-refractivity contribution in [2.24, 2.45) is 0 Å². The van der Waals surface area contributed by atoms with Gasteiger partial charge in [-0.2, -0.15) is 0 Å².